The van der Waals surface area contributed by atoms with Crippen molar-refractivity contribution < 1.29 is 14.6 Å². The average Bonchev–Trinajstić information content (AvgIpc) is 3.33. The fourth-order valence-electron chi connectivity index (χ4n) is 4.02. The van der Waals surface area contributed by atoms with Gasteiger partial charge in [0.2, 0.25) is 0 Å². The Morgan fingerprint density at radius 3 is 2.96 bits per heavy atom. The average molecular weight is 341 g/mol. The number of hydrogen-bond donors (Lipinski definition) is 1. The molecule has 2 aromatic rings. The normalized spacial score (nSPS) is 26.8. The lowest BCUT2D eigenvalue weighted by Gasteiger charge is -2.40. The molecule has 1 aliphatic carbocycles. The third kappa shape index (κ3) is 3.19. The SMILES string of the molecule is O=C(c1cccc(-n2cccn2)c1)N1CCOCC1C1CCCC1O. The van der Waals surface area contributed by atoms with Crippen LogP contribution in [0, 0.1) is 5.92 Å². The first-order valence-electron chi connectivity index (χ1n) is 8.91. The third-order valence-corrected chi connectivity index (χ3v) is 5.31. The first-order valence-corrected chi connectivity index (χ1v) is 8.91. The van der Waals surface area contributed by atoms with Crippen LogP contribution in [0.1, 0.15) is 29.6 Å². The van der Waals surface area contributed by atoms with Crippen LogP contribution in [-0.4, -0.2) is 57.6 Å². The minimum atomic E-state index is -0.336. The van der Waals surface area contributed by atoms with Gasteiger partial charge >= 0.3 is 0 Å². The van der Waals surface area contributed by atoms with Crippen LogP contribution in [0.2, 0.25) is 0 Å². The highest BCUT2D eigenvalue weighted by Crippen LogP contribution is 2.33. The van der Waals surface area contributed by atoms with E-state index in [9.17, 15) is 9.90 Å². The standard InChI is InChI=1S/C19H23N3O3/c23-18-7-2-6-16(18)17-13-25-11-10-21(17)19(24)14-4-1-5-15(12-14)22-9-3-8-20-22/h1,3-5,8-9,12,16-18,23H,2,6-7,10-11,13H2. The number of benzene rings is 1. The molecule has 3 unspecified atom stereocenters. The van der Waals surface area contributed by atoms with Crippen molar-refractivity contribution in [3.05, 3.63) is 48.3 Å². The van der Waals surface area contributed by atoms with Crippen LogP contribution in [0.4, 0.5) is 0 Å². The second-order valence-corrected chi connectivity index (χ2v) is 6.80. The van der Waals surface area contributed by atoms with Gasteiger partial charge in [-0.3, -0.25) is 4.79 Å². The van der Waals surface area contributed by atoms with E-state index >= 15 is 0 Å². The van der Waals surface area contributed by atoms with Gasteiger partial charge in [-0.1, -0.05) is 12.5 Å². The smallest absolute Gasteiger partial charge is 0.254 e. The molecule has 25 heavy (non-hydrogen) atoms. The van der Waals surface area contributed by atoms with Gasteiger partial charge in [-0.25, -0.2) is 4.68 Å². The molecule has 2 aliphatic rings. The number of rotatable bonds is 3. The highest BCUT2D eigenvalue weighted by molar-refractivity contribution is 5.95. The third-order valence-electron chi connectivity index (χ3n) is 5.31. The minimum Gasteiger partial charge on any atom is -0.393 e. The lowest BCUT2D eigenvalue weighted by Crippen LogP contribution is -2.53. The van der Waals surface area contributed by atoms with E-state index in [4.69, 9.17) is 4.74 Å². The molecule has 1 aliphatic heterocycles. The zero-order valence-corrected chi connectivity index (χ0v) is 14.1. The Balaban J connectivity index is 1.59. The molecule has 0 bridgehead atoms. The highest BCUT2D eigenvalue weighted by Gasteiger charge is 2.39. The van der Waals surface area contributed by atoms with Crippen molar-refractivity contribution in [3.63, 3.8) is 0 Å². The molecule has 132 valence electrons. The van der Waals surface area contributed by atoms with Crippen molar-refractivity contribution in [1.29, 1.82) is 0 Å². The van der Waals surface area contributed by atoms with E-state index in [0.717, 1.165) is 24.9 Å². The number of aliphatic hydroxyl groups excluding tert-OH is 1. The number of nitrogens with zero attached hydrogens (tertiary/aromatic N) is 3. The lowest BCUT2D eigenvalue weighted by molar-refractivity contribution is -0.0383. The predicted molar refractivity (Wildman–Crippen MR) is 92.6 cm³/mol. The molecule has 0 radical (unpaired) electrons. The minimum absolute atomic E-state index is 0.00130. The Hall–Kier alpha value is -2.18. The number of aliphatic hydroxyl groups is 1. The maximum Gasteiger partial charge on any atom is 0.254 e. The molecule has 1 amide bonds. The Bertz CT molecular complexity index is 731. The van der Waals surface area contributed by atoms with E-state index < -0.39 is 0 Å². The van der Waals surface area contributed by atoms with Gasteiger partial charge in [0.25, 0.3) is 5.91 Å². The Morgan fingerprint density at radius 1 is 1.28 bits per heavy atom. The zero-order valence-electron chi connectivity index (χ0n) is 14.1. The zero-order chi connectivity index (χ0) is 17.2. The molecule has 1 aromatic carbocycles. The fraction of sp³-hybridized carbons (Fsp3) is 0.474. The number of hydrogen-bond acceptors (Lipinski definition) is 4. The predicted octanol–water partition coefficient (Wildman–Crippen LogP) is 1.87. The van der Waals surface area contributed by atoms with Gasteiger partial charge in [0.15, 0.2) is 0 Å². The van der Waals surface area contributed by atoms with Crippen LogP contribution in [0.3, 0.4) is 0 Å². The van der Waals surface area contributed by atoms with Crippen LogP contribution in [0.25, 0.3) is 5.69 Å². The summed E-state index contributed by atoms with van der Waals surface area (Å²) < 4.78 is 7.37. The van der Waals surface area contributed by atoms with E-state index in [0.29, 0.717) is 25.3 Å². The number of carbonyl (C=O) groups is 1. The van der Waals surface area contributed by atoms with Crippen molar-refractivity contribution in [1.82, 2.24) is 14.7 Å². The molecule has 1 saturated carbocycles. The van der Waals surface area contributed by atoms with Gasteiger partial charge in [0.1, 0.15) is 0 Å². The first-order chi connectivity index (χ1) is 12.2. The summed E-state index contributed by atoms with van der Waals surface area (Å²) in [6, 6.07) is 9.33. The van der Waals surface area contributed by atoms with Crippen LogP contribution in [-0.2, 0) is 4.74 Å². The molecule has 6 nitrogen and oxygen atoms in total. The topological polar surface area (TPSA) is 67.6 Å². The lowest BCUT2D eigenvalue weighted by atomic mass is 9.93. The van der Waals surface area contributed by atoms with Gasteiger partial charge in [0, 0.05) is 30.4 Å². The summed E-state index contributed by atoms with van der Waals surface area (Å²) in [5.41, 5.74) is 1.51. The number of morpholine rings is 1. The highest BCUT2D eigenvalue weighted by atomic mass is 16.5. The van der Waals surface area contributed by atoms with Gasteiger partial charge < -0.3 is 14.7 Å². The molecule has 6 heteroatoms. The Morgan fingerprint density at radius 2 is 2.20 bits per heavy atom. The summed E-state index contributed by atoms with van der Waals surface area (Å²) in [5.74, 6) is 0.111. The molecule has 3 atom stereocenters. The van der Waals surface area contributed by atoms with Crippen molar-refractivity contribution in [2.24, 2.45) is 5.92 Å². The maximum absolute atomic E-state index is 13.2. The summed E-state index contributed by atoms with van der Waals surface area (Å²) >= 11 is 0. The monoisotopic (exact) mass is 341 g/mol. The quantitative estimate of drug-likeness (QED) is 0.925. The second-order valence-electron chi connectivity index (χ2n) is 6.80. The Kier molecular flexibility index (Phi) is 4.55. The van der Waals surface area contributed by atoms with Gasteiger partial charge in [-0.2, -0.15) is 5.10 Å². The van der Waals surface area contributed by atoms with E-state index in [1.54, 1.807) is 10.9 Å². The summed E-state index contributed by atoms with van der Waals surface area (Å²) in [6.07, 6.45) is 6.02. The number of ether oxygens (including phenoxy) is 1. The van der Waals surface area contributed by atoms with Crippen molar-refractivity contribution >= 4 is 5.91 Å². The largest absolute Gasteiger partial charge is 0.393 e. The first kappa shape index (κ1) is 16.3. The van der Waals surface area contributed by atoms with Crippen molar-refractivity contribution in [2.45, 2.75) is 31.4 Å². The molecule has 1 saturated heterocycles. The van der Waals surface area contributed by atoms with Crippen LogP contribution in [0.15, 0.2) is 42.7 Å². The molecule has 2 heterocycles. The van der Waals surface area contributed by atoms with Crippen LogP contribution >= 0.6 is 0 Å². The summed E-state index contributed by atoms with van der Waals surface area (Å²) in [5, 5.41) is 14.5. The maximum atomic E-state index is 13.2. The Labute approximate surface area is 147 Å². The molecule has 1 N–H and O–H groups in total. The van der Waals surface area contributed by atoms with E-state index in [2.05, 4.69) is 5.10 Å². The molecular formula is C19H23N3O3. The fourth-order valence-corrected chi connectivity index (χ4v) is 4.02. The molecular weight excluding hydrogens is 318 g/mol. The molecule has 4 rings (SSSR count). The molecule has 2 fully saturated rings. The number of carbonyl (C=O) groups excluding carboxylic acids is 1. The van der Waals surface area contributed by atoms with Gasteiger partial charge in [0.05, 0.1) is 31.0 Å². The van der Waals surface area contributed by atoms with Crippen LogP contribution in [0.5, 0.6) is 0 Å². The number of aromatic nitrogens is 2. The van der Waals surface area contributed by atoms with Crippen molar-refractivity contribution in [2.75, 3.05) is 19.8 Å². The second kappa shape index (κ2) is 6.98. The van der Waals surface area contributed by atoms with Crippen molar-refractivity contribution in [3.8, 4) is 5.69 Å². The van der Waals surface area contributed by atoms with E-state index in [-0.39, 0.29) is 24.0 Å². The van der Waals surface area contributed by atoms with Gasteiger partial charge in [-0.05, 0) is 37.1 Å². The van der Waals surface area contributed by atoms with E-state index in [1.165, 1.54) is 0 Å². The summed E-state index contributed by atoms with van der Waals surface area (Å²) in [7, 11) is 0. The number of amides is 1. The van der Waals surface area contributed by atoms with E-state index in [1.807, 2.05) is 41.4 Å². The summed E-state index contributed by atoms with van der Waals surface area (Å²) in [6.45, 7) is 1.62. The molecule has 1 aromatic heterocycles. The van der Waals surface area contributed by atoms with Gasteiger partial charge in [-0.15, -0.1) is 0 Å². The summed E-state index contributed by atoms with van der Waals surface area (Å²) in [4.78, 5) is 15.0. The molecule has 0 spiro atoms. The van der Waals surface area contributed by atoms with Crippen LogP contribution < -0.4 is 0 Å².